The maximum Gasteiger partial charge on any atom is 0.411 e. The lowest BCUT2D eigenvalue weighted by atomic mass is 9.97. The van der Waals surface area contributed by atoms with Crippen molar-refractivity contribution in [2.75, 3.05) is 6.26 Å². The fourth-order valence-electron chi connectivity index (χ4n) is 5.37. The van der Waals surface area contributed by atoms with Crippen LogP contribution in [0.25, 0.3) is 11.1 Å². The Hall–Kier alpha value is -3.52. The van der Waals surface area contributed by atoms with Gasteiger partial charge in [-0.15, -0.1) is 0 Å². The highest BCUT2D eigenvalue weighted by Crippen LogP contribution is 2.43. The van der Waals surface area contributed by atoms with E-state index in [1.165, 1.54) is 29.2 Å². The average Bonchev–Trinajstić information content (AvgIpc) is 3.45. The van der Waals surface area contributed by atoms with Gasteiger partial charge in [0.1, 0.15) is 34.2 Å². The number of carbonyl (C=O) groups excluding carboxylic acids is 2. The normalized spacial score (nSPS) is 21.4. The number of piperidine rings is 1. The second-order valence-electron chi connectivity index (χ2n) is 11.2. The van der Waals surface area contributed by atoms with Crippen LogP contribution in [0.1, 0.15) is 45.6 Å². The van der Waals surface area contributed by atoms with Gasteiger partial charge in [-0.2, -0.15) is 5.26 Å². The summed E-state index contributed by atoms with van der Waals surface area (Å²) >= 11 is 0. The van der Waals surface area contributed by atoms with Crippen LogP contribution < -0.4 is 5.32 Å². The molecule has 4 atom stereocenters. The molecule has 0 radical (unpaired) electrons. The average molecular weight is 560 g/mol. The minimum absolute atomic E-state index is 0.0367. The summed E-state index contributed by atoms with van der Waals surface area (Å²) in [4.78, 5) is 27.1. The molecule has 2 fully saturated rings. The first-order chi connectivity index (χ1) is 18.2. The second kappa shape index (κ2) is 10.6. The van der Waals surface area contributed by atoms with Crippen LogP contribution in [0.5, 0.6) is 0 Å². The molecular weight excluding hydrogens is 528 g/mol. The molecule has 0 spiro atoms. The van der Waals surface area contributed by atoms with Gasteiger partial charge in [-0.3, -0.25) is 9.69 Å². The van der Waals surface area contributed by atoms with E-state index in [1.807, 2.05) is 6.07 Å². The molecule has 4 rings (SSSR count). The molecule has 0 aromatic heterocycles. The quantitative estimate of drug-likeness (QED) is 0.562. The van der Waals surface area contributed by atoms with Gasteiger partial charge in [-0.1, -0.05) is 18.2 Å². The Morgan fingerprint density at radius 2 is 1.79 bits per heavy atom. The third kappa shape index (κ3) is 6.22. The zero-order valence-electron chi connectivity index (χ0n) is 22.2. The number of ether oxygens (including phenoxy) is 1. The summed E-state index contributed by atoms with van der Waals surface area (Å²) in [6, 6.07) is 7.73. The van der Waals surface area contributed by atoms with Crippen LogP contribution >= 0.6 is 0 Å². The number of benzene rings is 2. The van der Waals surface area contributed by atoms with E-state index in [-0.39, 0.29) is 23.9 Å². The van der Waals surface area contributed by atoms with Gasteiger partial charge in [-0.25, -0.2) is 22.0 Å². The Morgan fingerprint density at radius 1 is 1.13 bits per heavy atom. The Kier molecular flexibility index (Phi) is 7.72. The summed E-state index contributed by atoms with van der Waals surface area (Å²) in [7, 11) is -3.82. The summed E-state index contributed by atoms with van der Waals surface area (Å²) in [6.07, 6.45) is 2.46. The van der Waals surface area contributed by atoms with Crippen LogP contribution in [0.15, 0.2) is 41.3 Å². The molecule has 1 heterocycles. The number of carbonyl (C=O) groups is 2. The summed E-state index contributed by atoms with van der Waals surface area (Å²) in [6.45, 7) is 5.25. The molecule has 2 bridgehead atoms. The smallest absolute Gasteiger partial charge is 0.411 e. The minimum atomic E-state index is -3.82. The van der Waals surface area contributed by atoms with Crippen LogP contribution in [-0.4, -0.2) is 55.3 Å². The molecule has 1 aliphatic heterocycles. The van der Waals surface area contributed by atoms with Gasteiger partial charge in [0.25, 0.3) is 0 Å². The molecule has 4 unspecified atom stereocenters. The van der Waals surface area contributed by atoms with Crippen LogP contribution in [0.2, 0.25) is 0 Å². The van der Waals surface area contributed by atoms with E-state index in [9.17, 15) is 27.7 Å². The fraction of sp³-hybridized carbons (Fsp3) is 0.464. The zero-order valence-corrected chi connectivity index (χ0v) is 23.0. The molecule has 8 nitrogen and oxygen atoms in total. The number of fused-ring (bicyclic) bond motifs is 2. The van der Waals surface area contributed by atoms with Crippen molar-refractivity contribution in [1.29, 1.82) is 5.26 Å². The molecule has 2 aliphatic rings. The summed E-state index contributed by atoms with van der Waals surface area (Å²) < 4.78 is 58.2. The molecule has 11 heteroatoms. The van der Waals surface area contributed by atoms with Gasteiger partial charge in [-0.05, 0) is 80.8 Å². The van der Waals surface area contributed by atoms with Crippen molar-refractivity contribution < 1.29 is 31.5 Å². The third-order valence-electron chi connectivity index (χ3n) is 7.07. The Balaban J connectivity index is 1.49. The monoisotopic (exact) mass is 559 g/mol. The van der Waals surface area contributed by atoms with E-state index in [4.69, 9.17) is 4.74 Å². The predicted octanol–water partition coefficient (Wildman–Crippen LogP) is 4.37. The number of amides is 2. The van der Waals surface area contributed by atoms with Crippen LogP contribution in [0.4, 0.5) is 13.6 Å². The first-order valence-electron chi connectivity index (χ1n) is 12.7. The molecule has 1 saturated carbocycles. The van der Waals surface area contributed by atoms with Gasteiger partial charge in [0.2, 0.25) is 5.91 Å². The van der Waals surface area contributed by atoms with E-state index in [2.05, 4.69) is 5.32 Å². The molecule has 208 valence electrons. The predicted molar refractivity (Wildman–Crippen MR) is 139 cm³/mol. The maximum atomic E-state index is 15.0. The van der Waals surface area contributed by atoms with E-state index in [1.54, 1.807) is 20.8 Å². The number of rotatable bonds is 6. The topological polar surface area (TPSA) is 117 Å². The van der Waals surface area contributed by atoms with Gasteiger partial charge in [0.15, 0.2) is 9.84 Å². The van der Waals surface area contributed by atoms with E-state index >= 15 is 4.39 Å². The minimum Gasteiger partial charge on any atom is -0.444 e. The van der Waals surface area contributed by atoms with Gasteiger partial charge >= 0.3 is 6.09 Å². The Bertz CT molecular complexity index is 1450. The van der Waals surface area contributed by atoms with Crippen molar-refractivity contribution in [3.63, 3.8) is 0 Å². The molecule has 2 aromatic rings. The molecule has 1 aliphatic carbocycles. The van der Waals surface area contributed by atoms with Crippen molar-refractivity contribution in [3.8, 4) is 17.2 Å². The highest BCUT2D eigenvalue weighted by atomic mass is 32.2. The summed E-state index contributed by atoms with van der Waals surface area (Å²) in [5.74, 6) is -2.07. The number of sulfone groups is 1. The molecule has 2 amide bonds. The highest BCUT2D eigenvalue weighted by molar-refractivity contribution is 7.90. The summed E-state index contributed by atoms with van der Waals surface area (Å²) in [5, 5.41) is 12.4. The van der Waals surface area contributed by atoms with Crippen molar-refractivity contribution >= 4 is 21.8 Å². The van der Waals surface area contributed by atoms with Crippen LogP contribution in [0.3, 0.4) is 0 Å². The van der Waals surface area contributed by atoms with Crippen molar-refractivity contribution in [2.45, 2.75) is 75.1 Å². The Morgan fingerprint density at radius 3 is 2.41 bits per heavy atom. The standard InChI is InChI=1S/C28H31F2N3O5S/c1-28(2,3)38-27(35)33-21-9-7-19(12-21)25(33)26(34)32-20(15-31)11-18-6-5-16(13-23(18)30)17-8-10-22(29)24(14-17)39(4,36)37/h5-6,8,10,13-14,19-21,25H,7,9,11-12H2,1-4H3,(H,32,34). The first kappa shape index (κ1) is 28.5. The lowest BCUT2D eigenvalue weighted by Crippen LogP contribution is -2.55. The number of nitrogens with zero attached hydrogens (tertiary/aromatic N) is 2. The zero-order chi connectivity index (χ0) is 28.7. The lowest BCUT2D eigenvalue weighted by Gasteiger charge is -2.35. The summed E-state index contributed by atoms with van der Waals surface area (Å²) in [5.41, 5.74) is 0.0756. The van der Waals surface area contributed by atoms with Gasteiger partial charge in [0, 0.05) is 18.7 Å². The number of nitriles is 1. The van der Waals surface area contributed by atoms with Gasteiger partial charge in [0.05, 0.1) is 6.07 Å². The molecule has 2 aromatic carbocycles. The number of halogens is 2. The SMILES string of the molecule is CC(C)(C)OC(=O)N1C2CCC(C2)C1C(=O)NC(C#N)Cc1ccc(-c2ccc(F)c(S(C)(=O)=O)c2)cc1F. The van der Waals surface area contributed by atoms with E-state index < -0.39 is 56.1 Å². The number of hydrogen-bond acceptors (Lipinski definition) is 6. The second-order valence-corrected chi connectivity index (χ2v) is 13.2. The molecular formula is C28H31F2N3O5S. The largest absolute Gasteiger partial charge is 0.444 e. The number of likely N-dealkylation sites (tertiary alicyclic amines) is 1. The number of hydrogen-bond donors (Lipinski definition) is 1. The number of nitrogens with one attached hydrogen (secondary N) is 1. The third-order valence-corrected chi connectivity index (χ3v) is 8.18. The molecule has 1 saturated heterocycles. The van der Waals surface area contributed by atoms with Crippen LogP contribution in [0, 0.1) is 28.9 Å². The fourth-order valence-corrected chi connectivity index (χ4v) is 6.13. The highest BCUT2D eigenvalue weighted by Gasteiger charge is 2.52. The van der Waals surface area contributed by atoms with Crippen LogP contribution in [-0.2, 0) is 25.8 Å². The van der Waals surface area contributed by atoms with E-state index in [0.29, 0.717) is 17.5 Å². The first-order valence-corrected chi connectivity index (χ1v) is 14.6. The lowest BCUT2D eigenvalue weighted by molar-refractivity contribution is -0.128. The molecule has 1 N–H and O–H groups in total. The van der Waals surface area contributed by atoms with E-state index in [0.717, 1.165) is 31.2 Å². The van der Waals surface area contributed by atoms with Gasteiger partial charge < -0.3 is 10.1 Å². The molecule has 39 heavy (non-hydrogen) atoms. The van der Waals surface area contributed by atoms with Crippen molar-refractivity contribution in [2.24, 2.45) is 5.92 Å². The maximum absolute atomic E-state index is 15.0. The Labute approximate surface area is 226 Å². The van der Waals surface area contributed by atoms with Crippen molar-refractivity contribution in [3.05, 3.63) is 53.6 Å². The van der Waals surface area contributed by atoms with Crippen molar-refractivity contribution in [1.82, 2.24) is 10.2 Å².